The maximum absolute atomic E-state index is 12.7. The number of hydrogen-bond donors (Lipinski definition) is 1. The molecule has 1 saturated carbocycles. The molecule has 4 nitrogen and oxygen atoms in total. The molecule has 0 aromatic rings. The highest BCUT2D eigenvalue weighted by Crippen LogP contribution is 2.25. The predicted molar refractivity (Wildman–Crippen MR) is 82.5 cm³/mol. The molecule has 2 aliphatic rings. The molecule has 116 valence electrons. The number of carbonyl (C=O) groups is 1. The summed E-state index contributed by atoms with van der Waals surface area (Å²) in [6.07, 6.45) is 9.53. The number of rotatable bonds is 4. The highest BCUT2D eigenvalue weighted by atomic mass is 16.2. The van der Waals surface area contributed by atoms with Crippen LogP contribution in [-0.4, -0.2) is 55.0 Å². The van der Waals surface area contributed by atoms with E-state index < -0.39 is 0 Å². The largest absolute Gasteiger partial charge is 0.341 e. The smallest absolute Gasteiger partial charge is 0.225 e. The van der Waals surface area contributed by atoms with Crippen molar-refractivity contribution in [3.05, 3.63) is 0 Å². The second kappa shape index (κ2) is 8.63. The molecular formula is C16H31N3O. The van der Waals surface area contributed by atoms with Crippen molar-refractivity contribution in [2.45, 2.75) is 51.4 Å². The predicted octanol–water partition coefficient (Wildman–Crippen LogP) is 1.84. The van der Waals surface area contributed by atoms with Crippen LogP contribution < -0.4 is 5.73 Å². The summed E-state index contributed by atoms with van der Waals surface area (Å²) in [4.78, 5) is 17.3. The van der Waals surface area contributed by atoms with Gasteiger partial charge in [-0.05, 0) is 45.3 Å². The number of amides is 1. The normalized spacial score (nSPS) is 23.4. The highest BCUT2D eigenvalue weighted by Gasteiger charge is 2.26. The van der Waals surface area contributed by atoms with Crippen molar-refractivity contribution in [2.75, 3.05) is 39.3 Å². The van der Waals surface area contributed by atoms with Crippen molar-refractivity contribution < 1.29 is 4.79 Å². The molecule has 0 bridgehead atoms. The van der Waals surface area contributed by atoms with Crippen molar-refractivity contribution in [2.24, 2.45) is 11.7 Å². The Morgan fingerprint density at radius 2 is 1.70 bits per heavy atom. The van der Waals surface area contributed by atoms with E-state index in [-0.39, 0.29) is 0 Å². The van der Waals surface area contributed by atoms with Gasteiger partial charge in [-0.1, -0.05) is 25.7 Å². The maximum atomic E-state index is 12.7. The van der Waals surface area contributed by atoms with Crippen LogP contribution in [0.5, 0.6) is 0 Å². The lowest BCUT2D eigenvalue weighted by Crippen LogP contribution is -2.39. The average Bonchev–Trinajstić information content (AvgIpc) is 2.87. The van der Waals surface area contributed by atoms with Gasteiger partial charge in [0.1, 0.15) is 0 Å². The van der Waals surface area contributed by atoms with Crippen molar-refractivity contribution in [3.63, 3.8) is 0 Å². The summed E-state index contributed by atoms with van der Waals surface area (Å²) < 4.78 is 0. The standard InChI is InChI=1S/C16H31N3O/c17-9-5-10-18-11-6-12-19(14-13-18)16(20)15-7-3-1-2-4-8-15/h15H,1-14,17H2. The third-order valence-corrected chi connectivity index (χ3v) is 4.78. The molecule has 0 aromatic carbocycles. The number of nitrogens with zero attached hydrogens (tertiary/aromatic N) is 2. The van der Waals surface area contributed by atoms with Crippen molar-refractivity contribution in [3.8, 4) is 0 Å². The van der Waals surface area contributed by atoms with Gasteiger partial charge in [-0.25, -0.2) is 0 Å². The van der Waals surface area contributed by atoms with E-state index in [0.717, 1.165) is 65.0 Å². The summed E-state index contributed by atoms with van der Waals surface area (Å²) >= 11 is 0. The Bertz CT molecular complexity index is 287. The molecule has 0 atom stereocenters. The monoisotopic (exact) mass is 281 g/mol. The highest BCUT2D eigenvalue weighted by molar-refractivity contribution is 5.78. The molecule has 4 heteroatoms. The molecule has 2 N–H and O–H groups in total. The van der Waals surface area contributed by atoms with E-state index in [1.165, 1.54) is 25.7 Å². The fraction of sp³-hybridized carbons (Fsp3) is 0.938. The van der Waals surface area contributed by atoms with E-state index in [2.05, 4.69) is 9.80 Å². The second-order valence-corrected chi connectivity index (χ2v) is 6.35. The van der Waals surface area contributed by atoms with Gasteiger partial charge in [0.2, 0.25) is 5.91 Å². The summed E-state index contributed by atoms with van der Waals surface area (Å²) in [7, 11) is 0. The van der Waals surface area contributed by atoms with E-state index in [4.69, 9.17) is 5.73 Å². The van der Waals surface area contributed by atoms with Gasteiger partial charge in [-0.2, -0.15) is 0 Å². The van der Waals surface area contributed by atoms with Crippen LogP contribution in [0.2, 0.25) is 0 Å². The van der Waals surface area contributed by atoms with Crippen LogP contribution in [0.25, 0.3) is 0 Å². The van der Waals surface area contributed by atoms with Gasteiger partial charge < -0.3 is 15.5 Å². The number of nitrogens with two attached hydrogens (primary N) is 1. The SMILES string of the molecule is NCCCN1CCCN(C(=O)C2CCCCCC2)CC1. The Balaban J connectivity index is 1.81. The van der Waals surface area contributed by atoms with Gasteiger partial charge in [-0.3, -0.25) is 4.79 Å². The van der Waals surface area contributed by atoms with E-state index in [1.54, 1.807) is 0 Å². The van der Waals surface area contributed by atoms with E-state index in [0.29, 0.717) is 11.8 Å². The summed E-state index contributed by atoms with van der Waals surface area (Å²) in [5, 5.41) is 0. The number of hydrogen-bond acceptors (Lipinski definition) is 3. The Morgan fingerprint density at radius 1 is 0.950 bits per heavy atom. The Kier molecular flexibility index (Phi) is 6.80. The zero-order valence-corrected chi connectivity index (χ0v) is 12.9. The Morgan fingerprint density at radius 3 is 2.40 bits per heavy atom. The minimum absolute atomic E-state index is 0.313. The van der Waals surface area contributed by atoms with Gasteiger partial charge in [0.15, 0.2) is 0 Å². The van der Waals surface area contributed by atoms with Crippen LogP contribution in [-0.2, 0) is 4.79 Å². The topological polar surface area (TPSA) is 49.6 Å². The first kappa shape index (κ1) is 15.8. The summed E-state index contributed by atoms with van der Waals surface area (Å²) in [6.45, 7) is 5.87. The van der Waals surface area contributed by atoms with Crippen molar-refractivity contribution in [1.29, 1.82) is 0 Å². The fourth-order valence-electron chi connectivity index (χ4n) is 3.51. The summed E-state index contributed by atoms with van der Waals surface area (Å²) in [5.41, 5.74) is 5.58. The van der Waals surface area contributed by atoms with Crippen molar-refractivity contribution >= 4 is 5.91 Å². The first-order valence-corrected chi connectivity index (χ1v) is 8.52. The quantitative estimate of drug-likeness (QED) is 0.800. The van der Waals surface area contributed by atoms with Crippen LogP contribution in [0, 0.1) is 5.92 Å². The third kappa shape index (κ3) is 4.74. The van der Waals surface area contributed by atoms with E-state index >= 15 is 0 Å². The summed E-state index contributed by atoms with van der Waals surface area (Å²) in [6, 6.07) is 0. The maximum Gasteiger partial charge on any atom is 0.225 e. The number of carbonyl (C=O) groups excluding carboxylic acids is 1. The molecule has 0 unspecified atom stereocenters. The molecule has 2 rings (SSSR count). The van der Waals surface area contributed by atoms with E-state index in [9.17, 15) is 4.79 Å². The molecule has 1 aliphatic heterocycles. The lowest BCUT2D eigenvalue weighted by molar-refractivity contribution is -0.135. The Labute approximate surface area is 123 Å². The molecule has 20 heavy (non-hydrogen) atoms. The first-order chi connectivity index (χ1) is 9.81. The first-order valence-electron chi connectivity index (χ1n) is 8.52. The molecule has 0 spiro atoms. The lowest BCUT2D eigenvalue weighted by atomic mass is 9.98. The van der Waals surface area contributed by atoms with Crippen LogP contribution in [0.4, 0.5) is 0 Å². The van der Waals surface area contributed by atoms with Crippen LogP contribution in [0.1, 0.15) is 51.4 Å². The lowest BCUT2D eigenvalue weighted by Gasteiger charge is -2.26. The molecule has 1 heterocycles. The molecular weight excluding hydrogens is 250 g/mol. The fourth-order valence-corrected chi connectivity index (χ4v) is 3.51. The minimum atomic E-state index is 0.313. The molecule has 0 aromatic heterocycles. The average molecular weight is 281 g/mol. The van der Waals surface area contributed by atoms with Gasteiger partial charge >= 0.3 is 0 Å². The van der Waals surface area contributed by atoms with Gasteiger partial charge in [0.25, 0.3) is 0 Å². The molecule has 1 aliphatic carbocycles. The van der Waals surface area contributed by atoms with Gasteiger partial charge in [0, 0.05) is 25.6 Å². The zero-order chi connectivity index (χ0) is 14.2. The van der Waals surface area contributed by atoms with Crippen LogP contribution >= 0.6 is 0 Å². The second-order valence-electron chi connectivity index (χ2n) is 6.35. The molecule has 0 radical (unpaired) electrons. The zero-order valence-electron chi connectivity index (χ0n) is 12.9. The molecule has 2 fully saturated rings. The third-order valence-electron chi connectivity index (χ3n) is 4.78. The van der Waals surface area contributed by atoms with Gasteiger partial charge in [0.05, 0.1) is 0 Å². The van der Waals surface area contributed by atoms with Crippen LogP contribution in [0.3, 0.4) is 0 Å². The summed E-state index contributed by atoms with van der Waals surface area (Å²) in [5.74, 6) is 0.751. The van der Waals surface area contributed by atoms with Crippen LogP contribution in [0.15, 0.2) is 0 Å². The van der Waals surface area contributed by atoms with E-state index in [1.807, 2.05) is 0 Å². The Hall–Kier alpha value is -0.610. The van der Waals surface area contributed by atoms with Crippen molar-refractivity contribution in [1.82, 2.24) is 9.80 Å². The molecule has 1 amide bonds. The minimum Gasteiger partial charge on any atom is -0.341 e. The van der Waals surface area contributed by atoms with Gasteiger partial charge in [-0.15, -0.1) is 0 Å². The molecule has 1 saturated heterocycles.